The molecule has 2 aromatic heterocycles. The van der Waals surface area contributed by atoms with Gasteiger partial charge < -0.3 is 10.4 Å². The number of aliphatic hydroxyl groups is 1. The normalized spacial score (nSPS) is 13.9. The fraction of sp³-hybridized carbons (Fsp3) is 0.500. The lowest BCUT2D eigenvalue weighted by atomic mass is 10.0. The summed E-state index contributed by atoms with van der Waals surface area (Å²) in [5.74, 6) is 0.111. The average molecular weight is 308 g/mol. The van der Waals surface area contributed by atoms with Crippen LogP contribution in [0.4, 0.5) is 0 Å². The van der Waals surface area contributed by atoms with Crippen LogP contribution in [-0.4, -0.2) is 38.4 Å². The van der Waals surface area contributed by atoms with Gasteiger partial charge in [0.2, 0.25) is 0 Å². The first-order valence-corrected chi connectivity index (χ1v) is 7.68. The minimum atomic E-state index is -0.350. The van der Waals surface area contributed by atoms with Crippen LogP contribution < -0.4 is 5.32 Å². The van der Waals surface area contributed by atoms with Crippen LogP contribution in [0.25, 0.3) is 10.6 Å². The molecule has 0 spiro atoms. The van der Waals surface area contributed by atoms with Gasteiger partial charge in [-0.3, -0.25) is 9.48 Å². The Morgan fingerprint density at radius 2 is 2.24 bits per heavy atom. The van der Waals surface area contributed by atoms with E-state index in [1.807, 2.05) is 20.2 Å². The molecule has 0 aliphatic rings. The van der Waals surface area contributed by atoms with Crippen LogP contribution in [0, 0.1) is 5.92 Å². The molecule has 0 saturated heterocycles. The van der Waals surface area contributed by atoms with Crippen molar-refractivity contribution in [3.63, 3.8) is 0 Å². The van der Waals surface area contributed by atoms with E-state index in [1.54, 1.807) is 24.0 Å². The fourth-order valence-corrected chi connectivity index (χ4v) is 2.87. The van der Waals surface area contributed by atoms with Gasteiger partial charge in [-0.15, -0.1) is 11.3 Å². The second-order valence-corrected chi connectivity index (χ2v) is 6.36. The average Bonchev–Trinajstić information content (AvgIpc) is 3.03. The van der Waals surface area contributed by atoms with E-state index in [-0.39, 0.29) is 17.9 Å². The van der Waals surface area contributed by atoms with Gasteiger partial charge in [-0.25, -0.2) is 4.98 Å². The number of aryl methyl sites for hydroxylation is 1. The van der Waals surface area contributed by atoms with Crippen molar-refractivity contribution in [1.82, 2.24) is 20.1 Å². The van der Waals surface area contributed by atoms with Crippen molar-refractivity contribution in [1.29, 1.82) is 0 Å². The lowest BCUT2D eigenvalue weighted by Crippen LogP contribution is -2.28. The SMILES string of the molecule is CC(O)CC(C)CNC(=O)c1cnc(-c2cnn(C)c2)s1. The first-order valence-electron chi connectivity index (χ1n) is 6.87. The third kappa shape index (κ3) is 4.37. The summed E-state index contributed by atoms with van der Waals surface area (Å²) in [5, 5.41) is 17.1. The van der Waals surface area contributed by atoms with Crippen molar-refractivity contribution in [3.05, 3.63) is 23.5 Å². The molecule has 2 N–H and O–H groups in total. The second kappa shape index (κ2) is 6.82. The highest BCUT2D eigenvalue weighted by Gasteiger charge is 2.14. The fourth-order valence-electron chi connectivity index (χ4n) is 2.06. The minimum absolute atomic E-state index is 0.125. The van der Waals surface area contributed by atoms with Gasteiger partial charge in [0.15, 0.2) is 0 Å². The molecule has 6 nitrogen and oxygen atoms in total. The zero-order valence-electron chi connectivity index (χ0n) is 12.4. The lowest BCUT2D eigenvalue weighted by molar-refractivity contribution is 0.0943. The first-order chi connectivity index (χ1) is 9.95. The maximum atomic E-state index is 12.1. The molecule has 2 heterocycles. The van der Waals surface area contributed by atoms with E-state index in [0.717, 1.165) is 10.6 Å². The number of carbonyl (C=O) groups is 1. The maximum Gasteiger partial charge on any atom is 0.263 e. The largest absolute Gasteiger partial charge is 0.393 e. The van der Waals surface area contributed by atoms with Gasteiger partial charge in [-0.1, -0.05) is 6.92 Å². The Hall–Kier alpha value is -1.73. The second-order valence-electron chi connectivity index (χ2n) is 5.33. The number of aliphatic hydroxyl groups excluding tert-OH is 1. The van der Waals surface area contributed by atoms with Crippen molar-refractivity contribution in [2.24, 2.45) is 13.0 Å². The van der Waals surface area contributed by atoms with E-state index in [9.17, 15) is 9.90 Å². The molecule has 7 heteroatoms. The summed E-state index contributed by atoms with van der Waals surface area (Å²) in [6, 6.07) is 0. The lowest BCUT2D eigenvalue weighted by Gasteiger charge is -2.13. The van der Waals surface area contributed by atoms with Crippen LogP contribution in [0.15, 0.2) is 18.6 Å². The van der Waals surface area contributed by atoms with Crippen LogP contribution >= 0.6 is 11.3 Å². The van der Waals surface area contributed by atoms with Gasteiger partial charge >= 0.3 is 0 Å². The summed E-state index contributed by atoms with van der Waals surface area (Å²) in [5.41, 5.74) is 0.907. The van der Waals surface area contributed by atoms with Crippen molar-refractivity contribution >= 4 is 17.2 Å². The number of rotatable bonds is 6. The highest BCUT2D eigenvalue weighted by molar-refractivity contribution is 7.16. The molecule has 2 atom stereocenters. The molecule has 0 radical (unpaired) electrons. The molecular weight excluding hydrogens is 288 g/mol. The van der Waals surface area contributed by atoms with E-state index in [0.29, 0.717) is 17.8 Å². The number of aromatic nitrogens is 3. The van der Waals surface area contributed by atoms with Crippen LogP contribution in [0.1, 0.15) is 29.9 Å². The van der Waals surface area contributed by atoms with Crippen LogP contribution in [-0.2, 0) is 7.05 Å². The van der Waals surface area contributed by atoms with Gasteiger partial charge in [0.1, 0.15) is 9.88 Å². The van der Waals surface area contributed by atoms with E-state index in [1.165, 1.54) is 11.3 Å². The monoisotopic (exact) mass is 308 g/mol. The Labute approximate surface area is 127 Å². The Morgan fingerprint density at radius 1 is 1.48 bits per heavy atom. The van der Waals surface area contributed by atoms with E-state index >= 15 is 0 Å². The highest BCUT2D eigenvalue weighted by Crippen LogP contribution is 2.24. The summed E-state index contributed by atoms with van der Waals surface area (Å²) in [6.45, 7) is 4.30. The third-order valence-corrected chi connectivity index (χ3v) is 4.08. The molecule has 21 heavy (non-hydrogen) atoms. The number of amides is 1. The zero-order valence-corrected chi connectivity index (χ0v) is 13.2. The number of hydrogen-bond acceptors (Lipinski definition) is 5. The quantitative estimate of drug-likeness (QED) is 0.851. The van der Waals surface area contributed by atoms with Crippen molar-refractivity contribution in [2.75, 3.05) is 6.54 Å². The topological polar surface area (TPSA) is 80.0 Å². The maximum absolute atomic E-state index is 12.1. The Bertz CT molecular complexity index is 606. The first kappa shape index (κ1) is 15.7. The van der Waals surface area contributed by atoms with E-state index < -0.39 is 0 Å². The predicted octanol–water partition coefficient (Wildman–Crippen LogP) is 1.68. The highest BCUT2D eigenvalue weighted by atomic mass is 32.1. The zero-order chi connectivity index (χ0) is 15.4. The van der Waals surface area contributed by atoms with Crippen LogP contribution in [0.5, 0.6) is 0 Å². The summed E-state index contributed by atoms with van der Waals surface area (Å²) < 4.78 is 1.70. The van der Waals surface area contributed by atoms with Gasteiger partial charge in [0, 0.05) is 25.4 Å². The molecule has 2 aromatic rings. The number of thiazole rings is 1. The molecule has 0 aromatic carbocycles. The molecule has 0 bridgehead atoms. The minimum Gasteiger partial charge on any atom is -0.393 e. The molecule has 0 aliphatic heterocycles. The summed E-state index contributed by atoms with van der Waals surface area (Å²) in [7, 11) is 1.84. The number of nitrogens with zero attached hydrogens (tertiary/aromatic N) is 3. The number of hydrogen-bond donors (Lipinski definition) is 2. The number of carbonyl (C=O) groups excluding carboxylic acids is 1. The Kier molecular flexibility index (Phi) is 5.08. The molecule has 1 amide bonds. The molecule has 114 valence electrons. The molecule has 0 saturated carbocycles. The summed E-state index contributed by atoms with van der Waals surface area (Å²) in [6.07, 6.45) is 5.50. The van der Waals surface area contributed by atoms with Crippen molar-refractivity contribution in [2.45, 2.75) is 26.4 Å². The predicted molar refractivity (Wildman–Crippen MR) is 82.1 cm³/mol. The van der Waals surface area contributed by atoms with Gasteiger partial charge in [0.05, 0.1) is 18.5 Å². The van der Waals surface area contributed by atoms with Gasteiger partial charge in [-0.2, -0.15) is 5.10 Å². The smallest absolute Gasteiger partial charge is 0.263 e. The molecule has 2 unspecified atom stereocenters. The Balaban J connectivity index is 1.93. The van der Waals surface area contributed by atoms with Crippen LogP contribution in [0.3, 0.4) is 0 Å². The summed E-state index contributed by atoms with van der Waals surface area (Å²) in [4.78, 5) is 16.9. The summed E-state index contributed by atoms with van der Waals surface area (Å²) >= 11 is 1.35. The van der Waals surface area contributed by atoms with Gasteiger partial charge in [-0.05, 0) is 19.3 Å². The Morgan fingerprint density at radius 3 is 2.86 bits per heavy atom. The standard InChI is InChI=1S/C14H20N4O2S/c1-9(4-10(2)19)5-15-13(20)12-7-16-14(21-12)11-6-17-18(3)8-11/h6-10,19H,4-5H2,1-3H3,(H,15,20). The third-order valence-electron chi connectivity index (χ3n) is 3.04. The molecule has 2 rings (SSSR count). The number of nitrogens with one attached hydrogen (secondary N) is 1. The molecule has 0 aliphatic carbocycles. The molecule has 0 fully saturated rings. The van der Waals surface area contributed by atoms with Crippen LogP contribution in [0.2, 0.25) is 0 Å². The molecular formula is C14H20N4O2S. The van der Waals surface area contributed by atoms with Crippen molar-refractivity contribution in [3.8, 4) is 10.6 Å². The van der Waals surface area contributed by atoms with E-state index in [2.05, 4.69) is 15.4 Å². The van der Waals surface area contributed by atoms with Gasteiger partial charge in [0.25, 0.3) is 5.91 Å². The van der Waals surface area contributed by atoms with E-state index in [4.69, 9.17) is 0 Å². The van der Waals surface area contributed by atoms with Crippen molar-refractivity contribution < 1.29 is 9.90 Å².